The summed E-state index contributed by atoms with van der Waals surface area (Å²) in [4.78, 5) is 25.9. The van der Waals surface area contributed by atoms with Crippen LogP contribution in [0.2, 0.25) is 0 Å². The summed E-state index contributed by atoms with van der Waals surface area (Å²) < 4.78 is 5.91. The maximum absolute atomic E-state index is 12.8. The fraction of sp³-hybridized carbons (Fsp3) is 0.579. The van der Waals surface area contributed by atoms with Crippen LogP contribution in [0.25, 0.3) is 0 Å². The summed E-state index contributed by atoms with van der Waals surface area (Å²) in [6.45, 7) is 5.64. The normalized spacial score (nSPS) is 20.3. The summed E-state index contributed by atoms with van der Waals surface area (Å²) in [6.07, 6.45) is 5.82. The van der Waals surface area contributed by atoms with Gasteiger partial charge in [0.2, 0.25) is 5.95 Å². The molecule has 2 saturated heterocycles. The zero-order valence-corrected chi connectivity index (χ0v) is 15.7. The van der Waals surface area contributed by atoms with Crippen molar-refractivity contribution in [2.24, 2.45) is 0 Å². The third-order valence-electron chi connectivity index (χ3n) is 5.11. The number of carbonyl (C=O) groups excluding carboxylic acids is 1. The lowest BCUT2D eigenvalue weighted by molar-refractivity contribution is -0.0249. The Hall–Kier alpha value is -2.48. The highest BCUT2D eigenvalue weighted by Gasteiger charge is 2.29. The summed E-state index contributed by atoms with van der Waals surface area (Å²) in [5.41, 5.74) is 2.30. The van der Waals surface area contributed by atoms with Crippen LogP contribution in [0.4, 0.5) is 5.95 Å². The van der Waals surface area contributed by atoms with E-state index < -0.39 is 0 Å². The summed E-state index contributed by atoms with van der Waals surface area (Å²) in [6, 6.07) is 3.73. The second-order valence-electron chi connectivity index (χ2n) is 7.11. The van der Waals surface area contributed by atoms with E-state index >= 15 is 0 Å². The third-order valence-corrected chi connectivity index (χ3v) is 5.11. The topological polar surface area (TPSA) is 87.2 Å². The molecular formula is C19H26N6O2. The minimum atomic E-state index is -0.235. The number of aryl methyl sites for hydroxylation is 1. The first kappa shape index (κ1) is 17.9. The maximum atomic E-state index is 12.8. The molecule has 0 bridgehead atoms. The molecule has 27 heavy (non-hydrogen) atoms. The zero-order valence-electron chi connectivity index (χ0n) is 15.7. The molecule has 0 saturated carbocycles. The number of nitrogens with zero attached hydrogens (tertiary/aromatic N) is 5. The Bertz CT molecular complexity index is 786. The van der Waals surface area contributed by atoms with E-state index in [1.165, 1.54) is 12.8 Å². The van der Waals surface area contributed by atoms with Crippen LogP contribution < -0.4 is 4.90 Å². The highest BCUT2D eigenvalue weighted by atomic mass is 16.5. The Balaban J connectivity index is 1.46. The quantitative estimate of drug-likeness (QED) is 0.866. The molecule has 2 aromatic rings. The van der Waals surface area contributed by atoms with E-state index in [4.69, 9.17) is 9.72 Å². The van der Waals surface area contributed by atoms with Gasteiger partial charge in [-0.3, -0.25) is 9.89 Å². The number of aromatic nitrogens is 4. The van der Waals surface area contributed by atoms with Gasteiger partial charge in [0.15, 0.2) is 0 Å². The molecule has 2 aliphatic heterocycles. The largest absolute Gasteiger partial charge is 0.368 e. The molecule has 0 aromatic carbocycles. The summed E-state index contributed by atoms with van der Waals surface area (Å²) in [5, 5.41) is 7.14. The standard InChI is InChI=1S/C19H26N6O2/c1-2-5-14-12-16(23-22-14)18(26)25-10-11-27-17(13-25)15-6-7-20-19(21-15)24-8-3-4-9-24/h6-7,12,17H,2-5,8-11,13H2,1H3,(H,22,23). The SMILES string of the molecule is CCCc1cc(C(=O)N2CCOC(c3ccnc(N4CCCC4)n3)C2)n[nH]1. The van der Waals surface area contributed by atoms with Crippen molar-refractivity contribution in [3.05, 3.63) is 35.4 Å². The van der Waals surface area contributed by atoms with Crippen LogP contribution in [0.3, 0.4) is 0 Å². The highest BCUT2D eigenvalue weighted by Crippen LogP contribution is 2.24. The Morgan fingerprint density at radius 3 is 3.00 bits per heavy atom. The van der Waals surface area contributed by atoms with Crippen LogP contribution in [0.15, 0.2) is 18.3 Å². The lowest BCUT2D eigenvalue weighted by atomic mass is 10.2. The van der Waals surface area contributed by atoms with Crippen LogP contribution in [0.5, 0.6) is 0 Å². The van der Waals surface area contributed by atoms with Gasteiger partial charge in [-0.15, -0.1) is 0 Å². The number of anilines is 1. The molecular weight excluding hydrogens is 344 g/mol. The second kappa shape index (κ2) is 8.04. The summed E-state index contributed by atoms with van der Waals surface area (Å²) in [7, 11) is 0. The first-order valence-corrected chi connectivity index (χ1v) is 9.77. The van der Waals surface area contributed by atoms with E-state index in [9.17, 15) is 4.79 Å². The molecule has 0 spiro atoms. The Morgan fingerprint density at radius 1 is 1.33 bits per heavy atom. The van der Waals surface area contributed by atoms with Crippen molar-refractivity contribution in [3.63, 3.8) is 0 Å². The Labute approximate surface area is 158 Å². The molecule has 1 atom stereocenters. The minimum Gasteiger partial charge on any atom is -0.368 e. The fourth-order valence-corrected chi connectivity index (χ4v) is 3.65. The molecule has 1 amide bonds. The predicted octanol–water partition coefficient (Wildman–Crippen LogP) is 1.97. The Kier molecular flexibility index (Phi) is 5.33. The van der Waals surface area contributed by atoms with Crippen molar-refractivity contribution in [1.29, 1.82) is 0 Å². The van der Waals surface area contributed by atoms with Crippen LogP contribution in [-0.4, -0.2) is 63.8 Å². The number of H-pyrrole nitrogens is 1. The molecule has 2 aliphatic rings. The minimum absolute atomic E-state index is 0.0595. The Morgan fingerprint density at radius 2 is 2.19 bits per heavy atom. The van der Waals surface area contributed by atoms with Crippen LogP contribution >= 0.6 is 0 Å². The van der Waals surface area contributed by atoms with Gasteiger partial charge in [-0.25, -0.2) is 9.97 Å². The number of aromatic amines is 1. The van der Waals surface area contributed by atoms with Crippen LogP contribution in [-0.2, 0) is 11.2 Å². The van der Waals surface area contributed by atoms with Gasteiger partial charge >= 0.3 is 0 Å². The molecule has 2 aromatic heterocycles. The highest BCUT2D eigenvalue weighted by molar-refractivity contribution is 5.92. The van der Waals surface area contributed by atoms with Crippen LogP contribution in [0.1, 0.15) is 54.2 Å². The van der Waals surface area contributed by atoms with Gasteiger partial charge in [0.25, 0.3) is 5.91 Å². The number of rotatable bonds is 5. The average Bonchev–Trinajstić information content (AvgIpc) is 3.40. The summed E-state index contributed by atoms with van der Waals surface area (Å²) in [5.74, 6) is 0.698. The van der Waals surface area contributed by atoms with E-state index in [2.05, 4.69) is 27.0 Å². The molecule has 8 heteroatoms. The molecule has 1 N–H and O–H groups in total. The predicted molar refractivity (Wildman–Crippen MR) is 101 cm³/mol. The van der Waals surface area contributed by atoms with Gasteiger partial charge in [0, 0.05) is 31.5 Å². The average molecular weight is 370 g/mol. The molecule has 2 fully saturated rings. The number of morpholine rings is 1. The number of hydrogen-bond acceptors (Lipinski definition) is 6. The van der Waals surface area contributed by atoms with Gasteiger partial charge in [-0.2, -0.15) is 5.10 Å². The van der Waals surface area contributed by atoms with Crippen LogP contribution in [0, 0.1) is 0 Å². The number of carbonyl (C=O) groups is 1. The van der Waals surface area contributed by atoms with E-state index in [1.54, 1.807) is 11.1 Å². The van der Waals surface area contributed by atoms with Gasteiger partial charge in [-0.05, 0) is 31.4 Å². The smallest absolute Gasteiger partial charge is 0.274 e. The number of amides is 1. The van der Waals surface area contributed by atoms with Crippen molar-refractivity contribution >= 4 is 11.9 Å². The first-order valence-electron chi connectivity index (χ1n) is 9.77. The van der Waals surface area contributed by atoms with Crippen molar-refractivity contribution in [1.82, 2.24) is 25.1 Å². The molecule has 144 valence electrons. The number of ether oxygens (including phenoxy) is 1. The van der Waals surface area contributed by atoms with Crippen molar-refractivity contribution in [2.45, 2.75) is 38.7 Å². The van der Waals surface area contributed by atoms with Gasteiger partial charge < -0.3 is 14.5 Å². The van der Waals surface area contributed by atoms with E-state index in [1.807, 2.05) is 12.1 Å². The molecule has 4 heterocycles. The molecule has 0 aliphatic carbocycles. The van der Waals surface area contributed by atoms with Gasteiger partial charge in [-0.1, -0.05) is 13.3 Å². The third kappa shape index (κ3) is 3.95. The lowest BCUT2D eigenvalue weighted by Crippen LogP contribution is -2.42. The summed E-state index contributed by atoms with van der Waals surface area (Å²) >= 11 is 0. The van der Waals surface area contributed by atoms with Crippen molar-refractivity contribution in [2.75, 3.05) is 37.7 Å². The van der Waals surface area contributed by atoms with E-state index in [0.717, 1.165) is 43.3 Å². The lowest BCUT2D eigenvalue weighted by Gasteiger charge is -2.32. The molecule has 1 unspecified atom stereocenters. The zero-order chi connectivity index (χ0) is 18.6. The van der Waals surface area contributed by atoms with E-state index in [-0.39, 0.29) is 12.0 Å². The molecule has 4 rings (SSSR count). The van der Waals surface area contributed by atoms with Crippen molar-refractivity contribution < 1.29 is 9.53 Å². The molecule has 0 radical (unpaired) electrons. The monoisotopic (exact) mass is 370 g/mol. The van der Waals surface area contributed by atoms with E-state index in [0.29, 0.717) is 25.4 Å². The van der Waals surface area contributed by atoms with Crippen molar-refractivity contribution in [3.8, 4) is 0 Å². The van der Waals surface area contributed by atoms with Gasteiger partial charge in [0.1, 0.15) is 11.8 Å². The second-order valence-corrected chi connectivity index (χ2v) is 7.11. The number of hydrogen-bond donors (Lipinski definition) is 1. The first-order chi connectivity index (χ1) is 13.2. The van der Waals surface area contributed by atoms with Gasteiger partial charge in [0.05, 0.1) is 18.8 Å². The number of nitrogens with one attached hydrogen (secondary N) is 1. The fourth-order valence-electron chi connectivity index (χ4n) is 3.65. The molecule has 8 nitrogen and oxygen atoms in total. The maximum Gasteiger partial charge on any atom is 0.274 e.